The maximum Gasteiger partial charge on any atom is 0.243 e. The maximum atomic E-state index is 12.2. The SMILES string of the molecule is COCCOc1ccc(NC(=O)CN(C)c2ccccc2)cc1Cl. The Morgan fingerprint density at radius 3 is 2.58 bits per heavy atom. The second-order valence-corrected chi connectivity index (χ2v) is 5.63. The summed E-state index contributed by atoms with van der Waals surface area (Å²) in [6, 6.07) is 14.9. The summed E-state index contributed by atoms with van der Waals surface area (Å²) in [4.78, 5) is 14.0. The van der Waals surface area contributed by atoms with Crippen LogP contribution in [-0.2, 0) is 9.53 Å². The van der Waals surface area contributed by atoms with Gasteiger partial charge in [0.15, 0.2) is 0 Å². The predicted molar refractivity (Wildman–Crippen MR) is 97.2 cm³/mol. The Hall–Kier alpha value is -2.24. The lowest BCUT2D eigenvalue weighted by atomic mass is 10.3. The van der Waals surface area contributed by atoms with Crippen molar-refractivity contribution in [3.05, 3.63) is 53.6 Å². The summed E-state index contributed by atoms with van der Waals surface area (Å²) in [7, 11) is 3.48. The Morgan fingerprint density at radius 2 is 1.92 bits per heavy atom. The fourth-order valence-electron chi connectivity index (χ4n) is 2.12. The normalized spacial score (nSPS) is 10.3. The highest BCUT2D eigenvalue weighted by molar-refractivity contribution is 6.32. The number of nitrogens with one attached hydrogen (secondary N) is 1. The lowest BCUT2D eigenvalue weighted by molar-refractivity contribution is -0.114. The monoisotopic (exact) mass is 348 g/mol. The Labute approximate surface area is 147 Å². The van der Waals surface area contributed by atoms with Crippen LogP contribution in [0.4, 0.5) is 11.4 Å². The third-order valence-electron chi connectivity index (χ3n) is 3.34. The van der Waals surface area contributed by atoms with Crippen LogP contribution in [-0.4, -0.2) is 39.8 Å². The summed E-state index contributed by atoms with van der Waals surface area (Å²) in [5.74, 6) is 0.443. The van der Waals surface area contributed by atoms with Crippen molar-refractivity contribution in [1.29, 1.82) is 0 Å². The smallest absolute Gasteiger partial charge is 0.243 e. The highest BCUT2D eigenvalue weighted by Gasteiger charge is 2.09. The number of amides is 1. The number of para-hydroxylation sites is 1. The number of ether oxygens (including phenoxy) is 2. The second kappa shape index (κ2) is 9.15. The molecule has 0 aliphatic carbocycles. The summed E-state index contributed by atoms with van der Waals surface area (Å²) < 4.78 is 10.4. The first-order valence-electron chi connectivity index (χ1n) is 7.57. The number of anilines is 2. The van der Waals surface area contributed by atoms with Gasteiger partial charge in [-0.05, 0) is 30.3 Å². The van der Waals surface area contributed by atoms with Crippen molar-refractivity contribution in [2.45, 2.75) is 0 Å². The van der Waals surface area contributed by atoms with E-state index in [1.165, 1.54) is 0 Å². The van der Waals surface area contributed by atoms with Crippen LogP contribution in [0.2, 0.25) is 5.02 Å². The minimum absolute atomic E-state index is 0.120. The molecule has 0 aliphatic rings. The lowest BCUT2D eigenvalue weighted by Gasteiger charge is -2.18. The van der Waals surface area contributed by atoms with Crippen LogP contribution in [0, 0.1) is 0 Å². The molecule has 0 spiro atoms. The molecular formula is C18H21ClN2O3. The first-order chi connectivity index (χ1) is 11.6. The summed E-state index contributed by atoms with van der Waals surface area (Å²) >= 11 is 6.17. The molecule has 0 atom stereocenters. The molecule has 0 heterocycles. The zero-order valence-corrected chi connectivity index (χ0v) is 14.5. The Kier molecular flexibility index (Phi) is 6.90. The van der Waals surface area contributed by atoms with Gasteiger partial charge in [-0.1, -0.05) is 29.8 Å². The molecule has 2 aromatic rings. The first kappa shape index (κ1) is 18.1. The molecule has 5 nitrogen and oxygen atoms in total. The fourth-order valence-corrected chi connectivity index (χ4v) is 2.36. The quantitative estimate of drug-likeness (QED) is 0.742. The number of rotatable bonds is 8. The topological polar surface area (TPSA) is 50.8 Å². The Balaban J connectivity index is 1.90. The van der Waals surface area contributed by atoms with E-state index in [2.05, 4.69) is 5.32 Å². The predicted octanol–water partition coefficient (Wildman–Crippen LogP) is 3.44. The minimum Gasteiger partial charge on any atom is -0.490 e. The molecule has 24 heavy (non-hydrogen) atoms. The van der Waals surface area contributed by atoms with E-state index < -0.39 is 0 Å². The number of likely N-dealkylation sites (N-methyl/N-ethyl adjacent to an activating group) is 1. The number of halogens is 1. The largest absolute Gasteiger partial charge is 0.490 e. The van der Waals surface area contributed by atoms with Crippen molar-refractivity contribution >= 4 is 28.9 Å². The third kappa shape index (κ3) is 5.44. The summed E-state index contributed by atoms with van der Waals surface area (Å²) in [5, 5.41) is 3.28. The number of carbonyl (C=O) groups is 1. The molecule has 0 bridgehead atoms. The second-order valence-electron chi connectivity index (χ2n) is 5.23. The number of benzene rings is 2. The average molecular weight is 349 g/mol. The number of nitrogens with zero attached hydrogens (tertiary/aromatic N) is 1. The molecule has 0 saturated carbocycles. The standard InChI is InChI=1S/C18H21ClN2O3/c1-21(15-6-4-3-5-7-15)13-18(22)20-14-8-9-17(16(19)12-14)24-11-10-23-2/h3-9,12H,10-11,13H2,1-2H3,(H,20,22). The molecule has 0 radical (unpaired) electrons. The van der Waals surface area contributed by atoms with E-state index >= 15 is 0 Å². The Morgan fingerprint density at radius 1 is 1.17 bits per heavy atom. The van der Waals surface area contributed by atoms with Crippen molar-refractivity contribution in [3.63, 3.8) is 0 Å². The molecule has 1 N–H and O–H groups in total. The molecule has 0 aromatic heterocycles. The molecule has 2 aromatic carbocycles. The molecule has 0 fully saturated rings. The van der Waals surface area contributed by atoms with Gasteiger partial charge >= 0.3 is 0 Å². The van der Waals surface area contributed by atoms with E-state index in [0.29, 0.717) is 29.7 Å². The molecule has 0 aliphatic heterocycles. The van der Waals surface area contributed by atoms with Crippen LogP contribution >= 0.6 is 11.6 Å². The summed E-state index contributed by atoms with van der Waals surface area (Å²) in [6.07, 6.45) is 0. The van der Waals surface area contributed by atoms with Gasteiger partial charge in [0.1, 0.15) is 12.4 Å². The van der Waals surface area contributed by atoms with Gasteiger partial charge in [-0.25, -0.2) is 0 Å². The molecule has 2 rings (SSSR count). The molecule has 0 saturated heterocycles. The van der Waals surface area contributed by atoms with Crippen LogP contribution in [0.1, 0.15) is 0 Å². The zero-order valence-electron chi connectivity index (χ0n) is 13.8. The average Bonchev–Trinajstić information content (AvgIpc) is 2.57. The fraction of sp³-hybridized carbons (Fsp3) is 0.278. The molecule has 0 unspecified atom stereocenters. The van der Waals surface area contributed by atoms with Gasteiger partial charge < -0.3 is 19.7 Å². The molecule has 128 valence electrons. The van der Waals surface area contributed by atoms with Crippen LogP contribution in [0.5, 0.6) is 5.75 Å². The van der Waals surface area contributed by atoms with E-state index in [1.54, 1.807) is 25.3 Å². The third-order valence-corrected chi connectivity index (χ3v) is 3.63. The number of methoxy groups -OCH3 is 1. The van der Waals surface area contributed by atoms with E-state index in [1.807, 2.05) is 42.3 Å². The molecule has 6 heteroatoms. The first-order valence-corrected chi connectivity index (χ1v) is 7.95. The molecule has 1 amide bonds. The summed E-state index contributed by atoms with van der Waals surface area (Å²) in [5.41, 5.74) is 1.61. The van der Waals surface area contributed by atoms with Crippen molar-refractivity contribution in [2.75, 3.05) is 44.1 Å². The van der Waals surface area contributed by atoms with Crippen LogP contribution < -0.4 is 15.0 Å². The van der Waals surface area contributed by atoms with E-state index in [9.17, 15) is 4.79 Å². The van der Waals surface area contributed by atoms with Crippen molar-refractivity contribution in [1.82, 2.24) is 0 Å². The van der Waals surface area contributed by atoms with Crippen LogP contribution in [0.15, 0.2) is 48.5 Å². The van der Waals surface area contributed by atoms with Gasteiger partial charge in [-0.3, -0.25) is 4.79 Å². The van der Waals surface area contributed by atoms with Gasteiger partial charge in [0.25, 0.3) is 0 Å². The van der Waals surface area contributed by atoms with Crippen molar-refractivity contribution in [3.8, 4) is 5.75 Å². The Bertz CT molecular complexity index is 665. The number of carbonyl (C=O) groups excluding carboxylic acids is 1. The van der Waals surface area contributed by atoms with E-state index in [4.69, 9.17) is 21.1 Å². The van der Waals surface area contributed by atoms with E-state index in [-0.39, 0.29) is 12.5 Å². The lowest BCUT2D eigenvalue weighted by Crippen LogP contribution is -2.29. The van der Waals surface area contributed by atoms with Crippen molar-refractivity contribution < 1.29 is 14.3 Å². The van der Waals surface area contributed by atoms with Gasteiger partial charge in [-0.2, -0.15) is 0 Å². The van der Waals surface area contributed by atoms with Gasteiger partial charge in [0.2, 0.25) is 5.91 Å². The summed E-state index contributed by atoms with van der Waals surface area (Å²) in [6.45, 7) is 1.15. The van der Waals surface area contributed by atoms with E-state index in [0.717, 1.165) is 5.69 Å². The highest BCUT2D eigenvalue weighted by Crippen LogP contribution is 2.27. The minimum atomic E-state index is -0.120. The van der Waals surface area contributed by atoms with Crippen LogP contribution in [0.25, 0.3) is 0 Å². The van der Waals surface area contributed by atoms with Crippen LogP contribution in [0.3, 0.4) is 0 Å². The van der Waals surface area contributed by atoms with Crippen molar-refractivity contribution in [2.24, 2.45) is 0 Å². The molecular weight excluding hydrogens is 328 g/mol. The highest BCUT2D eigenvalue weighted by atomic mass is 35.5. The number of hydrogen-bond acceptors (Lipinski definition) is 4. The zero-order chi connectivity index (χ0) is 17.4. The van der Waals surface area contributed by atoms with Gasteiger partial charge in [0.05, 0.1) is 18.2 Å². The van der Waals surface area contributed by atoms with Gasteiger partial charge in [0, 0.05) is 25.5 Å². The maximum absolute atomic E-state index is 12.2. The van der Waals surface area contributed by atoms with Gasteiger partial charge in [-0.15, -0.1) is 0 Å². The number of hydrogen-bond donors (Lipinski definition) is 1.